The van der Waals surface area contributed by atoms with Crippen LogP contribution >= 0.6 is 0 Å². The predicted octanol–water partition coefficient (Wildman–Crippen LogP) is 9.01. The van der Waals surface area contributed by atoms with Crippen LogP contribution in [0, 0.1) is 0 Å². The molecule has 11 aromatic rings. The van der Waals surface area contributed by atoms with E-state index in [1.165, 1.54) is 41.5 Å². The van der Waals surface area contributed by atoms with Gasteiger partial charge in [0.05, 0.1) is 0 Å². The maximum atomic E-state index is 5.71. The van der Waals surface area contributed by atoms with Gasteiger partial charge in [-0.25, -0.2) is 0 Å². The van der Waals surface area contributed by atoms with Crippen LogP contribution in [-0.4, -0.2) is 31.1 Å². The van der Waals surface area contributed by atoms with E-state index in [0.29, 0.717) is 17.7 Å². The number of hydrogen-bond donors (Lipinski definition) is 0. The van der Waals surface area contributed by atoms with Crippen LogP contribution in [0.15, 0.2) is 261 Å². The number of hydrogen-bond acceptors (Lipinski definition) is 5. The van der Waals surface area contributed by atoms with Gasteiger partial charge in [0.2, 0.25) is 11.9 Å². The highest BCUT2D eigenvalue weighted by atomic mass is 28.3. The molecule has 0 bridgehead atoms. The molecule has 0 saturated carbocycles. The monoisotopic (exact) mass is 901 g/mol. The molecule has 7 heteroatoms. The van der Waals surface area contributed by atoms with Gasteiger partial charge in [0.25, 0.3) is 0 Å². The van der Waals surface area contributed by atoms with Crippen molar-refractivity contribution in [2.24, 2.45) is 0 Å². The van der Waals surface area contributed by atoms with E-state index >= 15 is 0 Å². The summed E-state index contributed by atoms with van der Waals surface area (Å²) in [7, 11) is -5.80. The Kier molecular flexibility index (Phi) is 9.45. The maximum absolute atomic E-state index is 5.71. The molecule has 0 N–H and O–H groups in total. The molecule has 68 heavy (non-hydrogen) atoms. The van der Waals surface area contributed by atoms with E-state index in [1.54, 1.807) is 0 Å². The molecule has 320 valence electrons. The molecule has 0 saturated heterocycles. The number of fused-ring (bicyclic) bond motifs is 5. The van der Waals surface area contributed by atoms with Crippen LogP contribution in [0.4, 0.5) is 34.6 Å². The zero-order valence-corrected chi connectivity index (χ0v) is 39.1. The minimum atomic E-state index is -2.90. The Balaban J connectivity index is 1.10. The molecule has 3 heterocycles. The van der Waals surface area contributed by atoms with E-state index in [4.69, 9.17) is 15.0 Å². The third-order valence-corrected chi connectivity index (χ3v) is 23.8. The van der Waals surface area contributed by atoms with Gasteiger partial charge < -0.3 is 0 Å². The zero-order chi connectivity index (χ0) is 45.1. The highest BCUT2D eigenvalue weighted by molar-refractivity contribution is 7.22. The largest absolute Gasteiger partial charge is 0.279 e. The normalized spacial score (nSPS) is 14.1. The maximum Gasteiger partial charge on any atom is 0.240 e. The van der Waals surface area contributed by atoms with Crippen molar-refractivity contribution in [3.05, 3.63) is 261 Å². The van der Waals surface area contributed by atoms with Gasteiger partial charge in [0.1, 0.15) is 0 Å². The fraction of sp³-hybridized carbons (Fsp3) is 0. The molecule has 0 amide bonds. The van der Waals surface area contributed by atoms with E-state index in [-0.39, 0.29) is 0 Å². The van der Waals surface area contributed by atoms with Gasteiger partial charge in [0, 0.05) is 28.3 Å². The summed E-state index contributed by atoms with van der Waals surface area (Å²) in [5.74, 6) is 1.70. The SMILES string of the molecule is c1ccc([Si]2(c3ccccc3)c3ccccc3N(c3nc(-c4ccc5ccccc5c4)nc(N4c5ccccc5[Si](c5ccccc5)(c5ccccc5)c5ccccc54)n3)c3ccccc32)cc1. The quantitative estimate of drug-likeness (QED) is 0.150. The second-order valence-corrected chi connectivity index (χ2v) is 25.0. The fourth-order valence-electron chi connectivity index (χ4n) is 11.3. The molecular formula is C61H43N5Si2. The first-order valence-electron chi connectivity index (χ1n) is 23.2. The summed E-state index contributed by atoms with van der Waals surface area (Å²) < 4.78 is 0. The van der Waals surface area contributed by atoms with Crippen molar-refractivity contribution in [2.45, 2.75) is 0 Å². The van der Waals surface area contributed by atoms with Gasteiger partial charge in [-0.05, 0) is 82.6 Å². The number of aromatic nitrogens is 3. The van der Waals surface area contributed by atoms with Crippen LogP contribution in [0.25, 0.3) is 22.2 Å². The van der Waals surface area contributed by atoms with Gasteiger partial charge in [-0.1, -0.05) is 231 Å². The molecule has 2 aliphatic heterocycles. The lowest BCUT2D eigenvalue weighted by molar-refractivity contribution is 0.990. The molecule has 0 aliphatic carbocycles. The molecule has 13 rings (SSSR count). The van der Waals surface area contributed by atoms with Crippen LogP contribution in [0.1, 0.15) is 0 Å². The predicted molar refractivity (Wildman–Crippen MR) is 286 cm³/mol. The molecule has 0 atom stereocenters. The van der Waals surface area contributed by atoms with Crippen molar-refractivity contribution < 1.29 is 0 Å². The molecular weight excluding hydrogens is 859 g/mol. The average Bonchev–Trinajstić information content (AvgIpc) is 3.42. The lowest BCUT2D eigenvalue weighted by atomic mass is 10.1. The average molecular weight is 902 g/mol. The van der Waals surface area contributed by atoms with Crippen molar-refractivity contribution in [1.82, 2.24) is 15.0 Å². The van der Waals surface area contributed by atoms with E-state index in [0.717, 1.165) is 39.1 Å². The lowest BCUT2D eigenvalue weighted by Gasteiger charge is -2.45. The Labute approximate surface area is 398 Å². The van der Waals surface area contributed by atoms with Gasteiger partial charge >= 0.3 is 0 Å². The first-order valence-corrected chi connectivity index (χ1v) is 27.2. The summed E-state index contributed by atoms with van der Waals surface area (Å²) in [5, 5.41) is 12.7. The van der Waals surface area contributed by atoms with E-state index in [1.807, 2.05) is 0 Å². The van der Waals surface area contributed by atoms with Crippen molar-refractivity contribution in [3.63, 3.8) is 0 Å². The number of rotatable bonds is 7. The minimum absolute atomic E-state index is 0.553. The number of para-hydroxylation sites is 4. The summed E-state index contributed by atoms with van der Waals surface area (Å²) >= 11 is 0. The molecule has 1 aromatic heterocycles. The van der Waals surface area contributed by atoms with Crippen molar-refractivity contribution >= 4 is 103 Å². The van der Waals surface area contributed by atoms with E-state index in [9.17, 15) is 0 Å². The first kappa shape index (κ1) is 39.8. The Morgan fingerprint density at radius 1 is 0.265 bits per heavy atom. The Bertz CT molecular complexity index is 3290. The van der Waals surface area contributed by atoms with Gasteiger partial charge in [-0.15, -0.1) is 0 Å². The van der Waals surface area contributed by atoms with Crippen LogP contribution in [0.2, 0.25) is 0 Å². The topological polar surface area (TPSA) is 45.2 Å². The Morgan fingerprint density at radius 3 is 0.941 bits per heavy atom. The van der Waals surface area contributed by atoms with Crippen LogP contribution in [0.5, 0.6) is 0 Å². The third-order valence-electron chi connectivity index (χ3n) is 14.0. The van der Waals surface area contributed by atoms with Gasteiger partial charge in [0.15, 0.2) is 22.0 Å². The van der Waals surface area contributed by atoms with E-state index in [2.05, 4.69) is 271 Å². The molecule has 0 unspecified atom stereocenters. The van der Waals surface area contributed by atoms with E-state index < -0.39 is 16.1 Å². The van der Waals surface area contributed by atoms with Crippen LogP contribution in [0.3, 0.4) is 0 Å². The summed E-state index contributed by atoms with van der Waals surface area (Å²) in [5.41, 5.74) is 5.16. The Morgan fingerprint density at radius 2 is 0.574 bits per heavy atom. The molecule has 10 aromatic carbocycles. The van der Waals surface area contributed by atoms with Crippen molar-refractivity contribution in [1.29, 1.82) is 0 Å². The standard InChI is InChI=1S/C61H43N5Si2/c1-5-25-47(26-6-1)67(48-27-7-2-8-28-48)55-37-19-15-33-51(55)65(52-34-16-20-38-56(52)67)60-62-59(46-42-41-44-23-13-14-24-45(44)43-46)63-61(64-60)66-53-35-17-21-39-57(53)68(49-29-9-3-10-30-49,50-31-11-4-12-32-50)58-40-22-18-36-54(58)66/h1-43H. The summed E-state index contributed by atoms with van der Waals surface area (Å²) in [6.07, 6.45) is 0. The summed E-state index contributed by atoms with van der Waals surface area (Å²) in [6, 6.07) is 95.2. The second kappa shape index (κ2) is 16.1. The zero-order valence-electron chi connectivity index (χ0n) is 37.1. The van der Waals surface area contributed by atoms with Crippen molar-refractivity contribution in [3.8, 4) is 11.4 Å². The summed E-state index contributed by atoms with van der Waals surface area (Å²) in [6.45, 7) is 0. The molecule has 0 radical (unpaired) electrons. The summed E-state index contributed by atoms with van der Waals surface area (Å²) in [4.78, 5) is 21.4. The Hall–Kier alpha value is -8.50. The van der Waals surface area contributed by atoms with Crippen molar-refractivity contribution in [2.75, 3.05) is 9.80 Å². The van der Waals surface area contributed by atoms with Gasteiger partial charge in [-0.2, -0.15) is 15.0 Å². The van der Waals surface area contributed by atoms with Crippen LogP contribution in [-0.2, 0) is 0 Å². The number of anilines is 6. The molecule has 0 fully saturated rings. The van der Waals surface area contributed by atoms with Gasteiger partial charge in [-0.3, -0.25) is 9.80 Å². The second-order valence-electron chi connectivity index (χ2n) is 17.5. The lowest BCUT2D eigenvalue weighted by Crippen LogP contribution is -2.77. The highest BCUT2D eigenvalue weighted by Gasteiger charge is 2.51. The molecule has 5 nitrogen and oxygen atoms in total. The van der Waals surface area contributed by atoms with Crippen LogP contribution < -0.4 is 51.3 Å². The number of nitrogens with zero attached hydrogens (tertiary/aromatic N) is 5. The minimum Gasteiger partial charge on any atom is -0.279 e. The third kappa shape index (κ3) is 5.96. The number of benzene rings is 10. The first-order chi connectivity index (χ1) is 33.7. The fourth-order valence-corrected chi connectivity index (χ4v) is 21.5. The molecule has 0 spiro atoms. The smallest absolute Gasteiger partial charge is 0.240 e. The molecule has 2 aliphatic rings. The highest BCUT2D eigenvalue weighted by Crippen LogP contribution is 2.41.